The number of hydrogen-bond acceptors (Lipinski definition) is 3. The highest BCUT2D eigenvalue weighted by molar-refractivity contribution is 5.99. The van der Waals surface area contributed by atoms with Crippen molar-refractivity contribution in [1.29, 1.82) is 0 Å². The fourth-order valence-corrected chi connectivity index (χ4v) is 4.01. The van der Waals surface area contributed by atoms with Crippen molar-refractivity contribution < 1.29 is 4.79 Å². The maximum Gasteiger partial charge on any atom is 0.254 e. The molecule has 0 aliphatic carbocycles. The lowest BCUT2D eigenvalue weighted by Crippen LogP contribution is -2.46. The van der Waals surface area contributed by atoms with Gasteiger partial charge in [0.15, 0.2) is 0 Å². The summed E-state index contributed by atoms with van der Waals surface area (Å²) in [5, 5.41) is 6.79. The second-order valence-corrected chi connectivity index (χ2v) is 7.06. The molecule has 3 aliphatic heterocycles. The molecule has 0 aromatic heterocycles. The van der Waals surface area contributed by atoms with Gasteiger partial charge in [-0.3, -0.25) is 4.79 Å². The summed E-state index contributed by atoms with van der Waals surface area (Å²) < 4.78 is 0. The number of benzene rings is 1. The highest BCUT2D eigenvalue weighted by Crippen LogP contribution is 2.29. The Morgan fingerprint density at radius 1 is 1.08 bits per heavy atom. The molecule has 1 aromatic rings. The predicted molar refractivity (Wildman–Crippen MR) is 94.7 cm³/mol. The van der Waals surface area contributed by atoms with Crippen molar-refractivity contribution in [2.45, 2.75) is 38.3 Å². The molecule has 4 heteroatoms. The van der Waals surface area contributed by atoms with E-state index in [1.165, 1.54) is 0 Å². The number of fused-ring (bicyclic) bond motifs is 1. The van der Waals surface area contributed by atoms with Crippen LogP contribution in [0, 0.1) is 17.8 Å². The van der Waals surface area contributed by atoms with E-state index >= 15 is 0 Å². The first-order valence-electron chi connectivity index (χ1n) is 9.19. The molecule has 1 atom stereocenters. The van der Waals surface area contributed by atoms with E-state index in [4.69, 9.17) is 0 Å². The first-order valence-corrected chi connectivity index (χ1v) is 9.19. The third-order valence-corrected chi connectivity index (χ3v) is 5.46. The van der Waals surface area contributed by atoms with Crippen LogP contribution in [0.3, 0.4) is 0 Å². The molecule has 0 spiro atoms. The molecule has 126 valence electrons. The Kier molecular flexibility index (Phi) is 4.55. The summed E-state index contributed by atoms with van der Waals surface area (Å²) in [6, 6.07) is 6.34. The Labute approximate surface area is 144 Å². The minimum atomic E-state index is 0.184. The molecule has 2 N–H and O–H groups in total. The van der Waals surface area contributed by atoms with Crippen LogP contribution in [-0.4, -0.2) is 43.0 Å². The maximum atomic E-state index is 12.8. The van der Waals surface area contributed by atoms with E-state index in [2.05, 4.69) is 28.5 Å². The van der Waals surface area contributed by atoms with Gasteiger partial charge in [0.2, 0.25) is 0 Å². The van der Waals surface area contributed by atoms with Gasteiger partial charge in [-0.1, -0.05) is 17.9 Å². The molecule has 4 nitrogen and oxygen atoms in total. The Hall–Kier alpha value is -1.83. The fraction of sp³-hybridized carbons (Fsp3) is 0.550. The SMILES string of the molecule is O=C1c2cccc(C#CC3CCNCC3)c2CN1C1CCCNC1. The molecule has 24 heavy (non-hydrogen) atoms. The van der Waals surface area contributed by atoms with E-state index in [0.29, 0.717) is 12.0 Å². The number of piperidine rings is 2. The highest BCUT2D eigenvalue weighted by atomic mass is 16.2. The molecule has 0 saturated carbocycles. The van der Waals surface area contributed by atoms with E-state index in [9.17, 15) is 4.79 Å². The zero-order valence-corrected chi connectivity index (χ0v) is 14.1. The second-order valence-electron chi connectivity index (χ2n) is 7.06. The van der Waals surface area contributed by atoms with Crippen LogP contribution in [-0.2, 0) is 6.54 Å². The number of nitrogens with zero attached hydrogens (tertiary/aromatic N) is 1. The van der Waals surface area contributed by atoms with Gasteiger partial charge in [0.25, 0.3) is 5.91 Å². The van der Waals surface area contributed by atoms with Crippen LogP contribution in [0.25, 0.3) is 0 Å². The molecule has 1 amide bonds. The predicted octanol–water partition coefficient (Wildman–Crippen LogP) is 1.75. The van der Waals surface area contributed by atoms with Crippen LogP contribution in [0.1, 0.15) is 47.2 Å². The quantitative estimate of drug-likeness (QED) is 0.774. The number of nitrogens with one attached hydrogen (secondary N) is 2. The van der Waals surface area contributed by atoms with Crippen molar-refractivity contribution in [1.82, 2.24) is 15.5 Å². The molecule has 2 saturated heterocycles. The Morgan fingerprint density at radius 3 is 2.75 bits per heavy atom. The molecule has 3 heterocycles. The Balaban J connectivity index is 1.56. The van der Waals surface area contributed by atoms with Gasteiger partial charge >= 0.3 is 0 Å². The normalized spacial score (nSPS) is 24.4. The van der Waals surface area contributed by atoms with Crippen molar-refractivity contribution in [2.75, 3.05) is 26.2 Å². The van der Waals surface area contributed by atoms with E-state index in [0.717, 1.165) is 75.1 Å². The Bertz CT molecular complexity index is 676. The lowest BCUT2D eigenvalue weighted by Gasteiger charge is -2.31. The monoisotopic (exact) mass is 323 g/mol. The van der Waals surface area contributed by atoms with Crippen molar-refractivity contribution in [3.63, 3.8) is 0 Å². The van der Waals surface area contributed by atoms with Gasteiger partial charge in [-0.15, -0.1) is 0 Å². The number of amides is 1. The number of carbonyl (C=O) groups excluding carboxylic acids is 1. The standard InChI is InChI=1S/C20H25N3O/c24-20-18-5-1-3-16(7-6-15-8-11-21-12-9-15)19(18)14-23(20)17-4-2-10-22-13-17/h1,3,5,15,17,21-22H,2,4,8-14H2. The van der Waals surface area contributed by atoms with Crippen molar-refractivity contribution in [2.24, 2.45) is 5.92 Å². The average Bonchev–Trinajstić information content (AvgIpc) is 2.99. The van der Waals surface area contributed by atoms with Gasteiger partial charge in [0, 0.05) is 36.2 Å². The summed E-state index contributed by atoms with van der Waals surface area (Å²) in [5.74, 6) is 7.50. The molecule has 0 bridgehead atoms. The Morgan fingerprint density at radius 2 is 1.96 bits per heavy atom. The summed E-state index contributed by atoms with van der Waals surface area (Å²) in [6.07, 6.45) is 4.50. The van der Waals surface area contributed by atoms with Crippen LogP contribution < -0.4 is 10.6 Å². The van der Waals surface area contributed by atoms with Crippen molar-refractivity contribution in [3.8, 4) is 11.8 Å². The average molecular weight is 323 g/mol. The molecule has 4 rings (SSSR count). The van der Waals surface area contributed by atoms with Crippen molar-refractivity contribution in [3.05, 3.63) is 34.9 Å². The summed E-state index contributed by atoms with van der Waals surface area (Å²) in [6.45, 7) is 4.83. The van der Waals surface area contributed by atoms with Gasteiger partial charge < -0.3 is 15.5 Å². The third kappa shape index (κ3) is 3.07. The molecule has 1 aromatic carbocycles. The lowest BCUT2D eigenvalue weighted by molar-refractivity contribution is 0.0674. The fourth-order valence-electron chi connectivity index (χ4n) is 4.01. The van der Waals surface area contributed by atoms with Gasteiger partial charge in [-0.05, 0) is 63.0 Å². The van der Waals surface area contributed by atoms with Crippen LogP contribution in [0.2, 0.25) is 0 Å². The van der Waals surface area contributed by atoms with Gasteiger partial charge in [-0.2, -0.15) is 0 Å². The molecular formula is C20H25N3O. The van der Waals surface area contributed by atoms with Crippen LogP contribution in [0.15, 0.2) is 18.2 Å². The van der Waals surface area contributed by atoms with E-state index < -0.39 is 0 Å². The van der Waals surface area contributed by atoms with E-state index in [-0.39, 0.29) is 5.91 Å². The first kappa shape index (κ1) is 15.7. The number of hydrogen-bond donors (Lipinski definition) is 2. The van der Waals surface area contributed by atoms with Crippen LogP contribution in [0.4, 0.5) is 0 Å². The van der Waals surface area contributed by atoms with Gasteiger partial charge in [0.05, 0.1) is 0 Å². The number of rotatable bonds is 1. The zero-order chi connectivity index (χ0) is 16.4. The van der Waals surface area contributed by atoms with E-state index in [1.807, 2.05) is 17.0 Å². The first-order chi connectivity index (χ1) is 11.8. The topological polar surface area (TPSA) is 44.4 Å². The summed E-state index contributed by atoms with van der Waals surface area (Å²) in [7, 11) is 0. The summed E-state index contributed by atoms with van der Waals surface area (Å²) in [4.78, 5) is 14.8. The van der Waals surface area contributed by atoms with Gasteiger partial charge in [-0.25, -0.2) is 0 Å². The van der Waals surface area contributed by atoms with Crippen LogP contribution >= 0.6 is 0 Å². The molecule has 3 aliphatic rings. The lowest BCUT2D eigenvalue weighted by atomic mass is 9.97. The third-order valence-electron chi connectivity index (χ3n) is 5.46. The van der Waals surface area contributed by atoms with Crippen LogP contribution in [0.5, 0.6) is 0 Å². The van der Waals surface area contributed by atoms with Crippen molar-refractivity contribution >= 4 is 5.91 Å². The zero-order valence-electron chi connectivity index (χ0n) is 14.1. The summed E-state index contributed by atoms with van der Waals surface area (Å²) >= 11 is 0. The minimum Gasteiger partial charge on any atom is -0.330 e. The van der Waals surface area contributed by atoms with E-state index in [1.54, 1.807) is 0 Å². The molecule has 2 fully saturated rings. The number of carbonyl (C=O) groups is 1. The highest BCUT2D eigenvalue weighted by Gasteiger charge is 2.34. The molecule has 1 unspecified atom stereocenters. The van der Waals surface area contributed by atoms with Gasteiger partial charge in [0.1, 0.15) is 0 Å². The second kappa shape index (κ2) is 6.96. The maximum absolute atomic E-state index is 12.8. The molecule has 0 radical (unpaired) electrons. The summed E-state index contributed by atoms with van der Waals surface area (Å²) in [5.41, 5.74) is 3.04. The smallest absolute Gasteiger partial charge is 0.254 e. The minimum absolute atomic E-state index is 0.184. The largest absolute Gasteiger partial charge is 0.330 e. The molecular weight excluding hydrogens is 298 g/mol.